The largest absolute Gasteiger partial charge is 0.481 e. The topological polar surface area (TPSA) is 102 Å². The van der Waals surface area contributed by atoms with Crippen LogP contribution in [0.25, 0.3) is 10.8 Å². The Kier molecular flexibility index (Phi) is 8.04. The molecule has 0 aliphatic heterocycles. The number of nitro groups is 1. The van der Waals surface area contributed by atoms with Crippen LogP contribution in [0.5, 0.6) is 0 Å². The van der Waals surface area contributed by atoms with Crippen LogP contribution in [0.1, 0.15) is 46.0 Å². The molecule has 0 spiro atoms. The lowest BCUT2D eigenvalue weighted by molar-refractivity contribution is -0.384. The maximum absolute atomic E-state index is 11.5. The van der Waals surface area contributed by atoms with Crippen molar-refractivity contribution in [2.45, 2.75) is 57.5 Å². The average Bonchev–Trinajstić information content (AvgIpc) is 2.98. The Hall–Kier alpha value is -2.35. The lowest BCUT2D eigenvalue weighted by Gasteiger charge is -2.13. The van der Waals surface area contributed by atoms with Gasteiger partial charge in [0, 0.05) is 47.8 Å². The highest BCUT2D eigenvalue weighted by Gasteiger charge is 2.22. The molecule has 1 N–H and O–H groups in total. The van der Waals surface area contributed by atoms with Gasteiger partial charge in [-0.25, -0.2) is 0 Å². The van der Waals surface area contributed by atoms with Crippen LogP contribution in [0.2, 0.25) is 0 Å². The molecule has 7 nitrogen and oxygen atoms in total. The molecule has 8 heteroatoms. The van der Waals surface area contributed by atoms with Crippen LogP contribution >= 0.6 is 11.8 Å². The van der Waals surface area contributed by atoms with Gasteiger partial charge in [-0.1, -0.05) is 26.2 Å². The van der Waals surface area contributed by atoms with E-state index in [0.29, 0.717) is 0 Å². The van der Waals surface area contributed by atoms with Crippen molar-refractivity contribution >= 4 is 40.0 Å². The monoisotopic (exact) mass is 406 g/mol. The van der Waals surface area contributed by atoms with Gasteiger partial charge in [0.1, 0.15) is 5.78 Å². The number of aliphatic carboxylic acids is 1. The number of nitro benzene ring substituents is 1. The normalized spacial score (nSPS) is 12.2. The van der Waals surface area contributed by atoms with Crippen LogP contribution in [0.4, 0.5) is 5.69 Å². The number of benzene rings is 1. The van der Waals surface area contributed by atoms with E-state index in [0.717, 1.165) is 48.0 Å². The number of unbranched alkanes of at least 4 members (excludes halogenated alkanes) is 3. The zero-order valence-electron chi connectivity index (χ0n) is 16.2. The molecule has 0 fully saturated rings. The molecule has 0 saturated heterocycles. The second-order valence-electron chi connectivity index (χ2n) is 6.97. The van der Waals surface area contributed by atoms with Gasteiger partial charge >= 0.3 is 5.97 Å². The van der Waals surface area contributed by atoms with Crippen LogP contribution in [-0.4, -0.2) is 32.1 Å². The molecule has 0 amide bonds. The van der Waals surface area contributed by atoms with Gasteiger partial charge in [0.15, 0.2) is 0 Å². The average molecular weight is 407 g/mol. The molecule has 2 aromatic rings. The molecule has 0 saturated carbocycles. The van der Waals surface area contributed by atoms with Crippen molar-refractivity contribution in [1.82, 2.24) is 4.57 Å². The first-order chi connectivity index (χ1) is 13.3. The second-order valence-corrected chi connectivity index (χ2v) is 7.98. The molecule has 1 aromatic heterocycles. The highest BCUT2D eigenvalue weighted by Crippen LogP contribution is 2.34. The molecule has 0 unspecified atom stereocenters. The van der Waals surface area contributed by atoms with Gasteiger partial charge in [-0.05, 0) is 19.4 Å². The van der Waals surface area contributed by atoms with Crippen molar-refractivity contribution in [3.05, 3.63) is 34.5 Å². The summed E-state index contributed by atoms with van der Waals surface area (Å²) in [5.74, 6) is -1.61. The standard InChI is InChI=1S/C20H26N2O5S/c1-3-4-5-6-9-21-12-15-11-17(22(26)27)7-8-18(15)19(21)28-13-16(20(24)25)10-14(2)23/h7-8,11-12,16H,3-6,9-10,13H2,1-2H3,(H,24,25)/t16-/m0/s1. The number of aryl methyl sites for hydroxylation is 1. The summed E-state index contributed by atoms with van der Waals surface area (Å²) in [5.41, 5.74) is 0.0344. The Morgan fingerprint density at radius 1 is 1.29 bits per heavy atom. The molecular weight excluding hydrogens is 380 g/mol. The van der Waals surface area contributed by atoms with Gasteiger partial charge in [0.2, 0.25) is 0 Å². The summed E-state index contributed by atoms with van der Waals surface area (Å²) >= 11 is 1.40. The molecule has 0 bridgehead atoms. The summed E-state index contributed by atoms with van der Waals surface area (Å²) in [5, 5.41) is 23.0. The third kappa shape index (κ3) is 5.82. The van der Waals surface area contributed by atoms with E-state index >= 15 is 0 Å². The number of carbonyl (C=O) groups is 2. The Balaban J connectivity index is 2.29. The van der Waals surface area contributed by atoms with Gasteiger partial charge < -0.3 is 14.5 Å². The van der Waals surface area contributed by atoms with Gasteiger partial charge in [-0.2, -0.15) is 0 Å². The van der Waals surface area contributed by atoms with E-state index in [1.807, 2.05) is 6.20 Å². The zero-order chi connectivity index (χ0) is 20.7. The van der Waals surface area contributed by atoms with Gasteiger partial charge in [-0.3, -0.25) is 14.9 Å². The van der Waals surface area contributed by atoms with Gasteiger partial charge in [0.05, 0.1) is 15.9 Å². The summed E-state index contributed by atoms with van der Waals surface area (Å²) in [7, 11) is 0. The minimum atomic E-state index is -0.983. The summed E-state index contributed by atoms with van der Waals surface area (Å²) < 4.78 is 2.06. The van der Waals surface area contributed by atoms with E-state index in [1.54, 1.807) is 12.1 Å². The first kappa shape index (κ1) is 21.9. The summed E-state index contributed by atoms with van der Waals surface area (Å²) in [4.78, 5) is 33.5. The highest BCUT2D eigenvalue weighted by molar-refractivity contribution is 7.99. The minimum Gasteiger partial charge on any atom is -0.481 e. The number of rotatable bonds is 12. The fourth-order valence-electron chi connectivity index (χ4n) is 3.13. The molecule has 28 heavy (non-hydrogen) atoms. The number of non-ortho nitro benzene ring substituents is 1. The second kappa shape index (κ2) is 10.3. The van der Waals surface area contributed by atoms with Gasteiger partial charge in [-0.15, -0.1) is 11.8 Å². The third-order valence-electron chi connectivity index (χ3n) is 4.59. The number of carboxylic acid groups (broad SMARTS) is 1. The number of ketones is 1. The van der Waals surface area contributed by atoms with Crippen LogP contribution in [-0.2, 0) is 16.1 Å². The van der Waals surface area contributed by atoms with E-state index in [2.05, 4.69) is 11.5 Å². The highest BCUT2D eigenvalue weighted by atomic mass is 32.2. The first-order valence-electron chi connectivity index (χ1n) is 9.45. The summed E-state index contributed by atoms with van der Waals surface area (Å²) in [6.45, 7) is 4.31. The predicted molar refractivity (Wildman–Crippen MR) is 110 cm³/mol. The smallest absolute Gasteiger partial charge is 0.307 e. The Morgan fingerprint density at radius 2 is 2.04 bits per heavy atom. The van der Waals surface area contributed by atoms with Crippen molar-refractivity contribution in [3.8, 4) is 0 Å². The summed E-state index contributed by atoms with van der Waals surface area (Å²) in [6, 6.07) is 4.74. The number of hydrogen-bond donors (Lipinski definition) is 1. The maximum Gasteiger partial charge on any atom is 0.307 e. The van der Waals surface area contributed by atoms with Crippen molar-refractivity contribution in [3.63, 3.8) is 0 Å². The van der Waals surface area contributed by atoms with Gasteiger partial charge in [0.25, 0.3) is 5.69 Å². The molecule has 0 aliphatic carbocycles. The number of Topliss-reactive ketones (excluding diaryl/α,β-unsaturated/α-hetero) is 1. The molecule has 1 atom stereocenters. The van der Waals surface area contributed by atoms with E-state index in [-0.39, 0.29) is 23.6 Å². The quantitative estimate of drug-likeness (QED) is 0.233. The molecule has 0 radical (unpaired) electrons. The third-order valence-corrected chi connectivity index (χ3v) is 5.89. The Bertz CT molecular complexity index is 862. The Morgan fingerprint density at radius 3 is 2.64 bits per heavy atom. The lowest BCUT2D eigenvalue weighted by Crippen LogP contribution is -2.19. The zero-order valence-corrected chi connectivity index (χ0v) is 17.0. The molecule has 152 valence electrons. The SMILES string of the molecule is CCCCCCn1cc2cc([N+](=O)[O-])ccc2c1SC[C@H](CC(C)=O)C(=O)O. The number of fused-ring (bicyclic) bond motifs is 1. The van der Waals surface area contributed by atoms with Crippen molar-refractivity contribution in [2.24, 2.45) is 5.92 Å². The number of carbonyl (C=O) groups excluding carboxylic acids is 1. The van der Waals surface area contributed by atoms with Crippen molar-refractivity contribution in [1.29, 1.82) is 0 Å². The van der Waals surface area contributed by atoms with Crippen molar-refractivity contribution < 1.29 is 19.6 Å². The molecule has 0 aliphatic rings. The molecule has 2 rings (SSSR count). The first-order valence-corrected chi connectivity index (χ1v) is 10.4. The van der Waals surface area contributed by atoms with E-state index < -0.39 is 16.8 Å². The van der Waals surface area contributed by atoms with Crippen LogP contribution in [0.3, 0.4) is 0 Å². The van der Waals surface area contributed by atoms with Crippen molar-refractivity contribution in [2.75, 3.05) is 5.75 Å². The molecule has 1 heterocycles. The number of hydrogen-bond acceptors (Lipinski definition) is 5. The number of thioether (sulfide) groups is 1. The lowest BCUT2D eigenvalue weighted by atomic mass is 10.1. The van der Waals surface area contributed by atoms with E-state index in [9.17, 15) is 24.8 Å². The maximum atomic E-state index is 11.5. The van der Waals surface area contributed by atoms with Crippen LogP contribution < -0.4 is 0 Å². The van der Waals surface area contributed by atoms with Crippen LogP contribution in [0.15, 0.2) is 29.4 Å². The number of aromatic nitrogens is 1. The summed E-state index contributed by atoms with van der Waals surface area (Å²) in [6.07, 6.45) is 6.26. The van der Waals surface area contributed by atoms with Crippen LogP contribution in [0, 0.1) is 16.0 Å². The van der Waals surface area contributed by atoms with E-state index in [1.165, 1.54) is 24.8 Å². The Labute approximate surface area is 168 Å². The fraction of sp³-hybridized carbons (Fsp3) is 0.500. The number of nitrogens with zero attached hydrogens (tertiary/aromatic N) is 2. The van der Waals surface area contributed by atoms with E-state index in [4.69, 9.17) is 0 Å². The number of carboxylic acids is 1. The molecule has 1 aromatic carbocycles. The molecular formula is C20H26N2O5S. The fourth-order valence-corrected chi connectivity index (χ4v) is 4.40. The predicted octanol–water partition coefficient (Wildman–Crippen LogP) is 4.90. The minimum absolute atomic E-state index is 0.00292.